The molecule has 1 unspecified atom stereocenters. The van der Waals surface area contributed by atoms with Crippen LogP contribution in [0.25, 0.3) is 0 Å². The van der Waals surface area contributed by atoms with Crippen molar-refractivity contribution in [2.75, 3.05) is 13.1 Å². The van der Waals surface area contributed by atoms with Crippen molar-refractivity contribution < 1.29 is 13.5 Å². The first-order valence-corrected chi connectivity index (χ1v) is 7.63. The molecule has 1 N–H and O–H groups in total. The van der Waals surface area contributed by atoms with Crippen LogP contribution in [-0.4, -0.2) is 36.5 Å². The van der Waals surface area contributed by atoms with Crippen molar-refractivity contribution in [3.05, 3.63) is 35.4 Å². The zero-order chi connectivity index (χ0) is 14.1. The van der Waals surface area contributed by atoms with Gasteiger partial charge in [0.15, 0.2) is 0 Å². The van der Waals surface area contributed by atoms with Crippen LogP contribution in [-0.2, 0) is 15.8 Å². The third kappa shape index (κ3) is 3.13. The molecule has 0 radical (unpaired) electrons. The Kier molecular flexibility index (Phi) is 3.63. The highest BCUT2D eigenvalue weighted by atomic mass is 32.2. The fourth-order valence-corrected chi connectivity index (χ4v) is 3.86. The van der Waals surface area contributed by atoms with Crippen molar-refractivity contribution in [1.82, 2.24) is 4.31 Å². The molecule has 1 aromatic carbocycles. The maximum atomic E-state index is 12.3. The van der Waals surface area contributed by atoms with Gasteiger partial charge in [0.1, 0.15) is 0 Å². The van der Waals surface area contributed by atoms with Crippen molar-refractivity contribution >= 4 is 10.0 Å². The summed E-state index contributed by atoms with van der Waals surface area (Å²) in [6.07, 6.45) is 0.437. The van der Waals surface area contributed by atoms with Gasteiger partial charge < -0.3 is 5.11 Å². The Labute approximate surface area is 113 Å². The van der Waals surface area contributed by atoms with Crippen LogP contribution in [0.4, 0.5) is 0 Å². The third-order valence-corrected chi connectivity index (χ3v) is 5.06. The summed E-state index contributed by atoms with van der Waals surface area (Å²) >= 11 is 0. The second-order valence-electron chi connectivity index (χ2n) is 5.11. The molecule has 1 aromatic rings. The van der Waals surface area contributed by atoms with Crippen molar-refractivity contribution in [3.8, 4) is 6.07 Å². The van der Waals surface area contributed by atoms with E-state index < -0.39 is 15.6 Å². The Morgan fingerprint density at radius 3 is 2.74 bits per heavy atom. The summed E-state index contributed by atoms with van der Waals surface area (Å²) in [5.41, 5.74) is -0.0875. The highest BCUT2D eigenvalue weighted by Crippen LogP contribution is 2.25. The minimum Gasteiger partial charge on any atom is -0.389 e. The van der Waals surface area contributed by atoms with E-state index in [9.17, 15) is 13.5 Å². The van der Waals surface area contributed by atoms with Crippen LogP contribution in [0.5, 0.6) is 0 Å². The van der Waals surface area contributed by atoms with Crippen molar-refractivity contribution in [3.63, 3.8) is 0 Å². The molecule has 1 fully saturated rings. The van der Waals surface area contributed by atoms with Crippen molar-refractivity contribution in [1.29, 1.82) is 5.26 Å². The lowest BCUT2D eigenvalue weighted by atomic mass is 10.1. The summed E-state index contributed by atoms with van der Waals surface area (Å²) in [6.45, 7) is 2.07. The van der Waals surface area contributed by atoms with E-state index in [4.69, 9.17) is 5.26 Å². The van der Waals surface area contributed by atoms with Gasteiger partial charge >= 0.3 is 0 Å². The van der Waals surface area contributed by atoms with E-state index in [-0.39, 0.29) is 12.3 Å². The smallest absolute Gasteiger partial charge is 0.218 e. The van der Waals surface area contributed by atoms with Crippen LogP contribution in [0.1, 0.15) is 24.5 Å². The number of nitriles is 1. The average Bonchev–Trinajstić information content (AvgIpc) is 2.71. The van der Waals surface area contributed by atoms with Gasteiger partial charge in [-0.15, -0.1) is 0 Å². The van der Waals surface area contributed by atoms with Gasteiger partial charge in [-0.1, -0.05) is 18.2 Å². The fraction of sp³-hybridized carbons (Fsp3) is 0.462. The van der Waals surface area contributed by atoms with Gasteiger partial charge in [-0.3, -0.25) is 0 Å². The number of aliphatic hydroxyl groups is 1. The maximum absolute atomic E-state index is 12.3. The number of benzene rings is 1. The molecule has 0 bridgehead atoms. The van der Waals surface area contributed by atoms with E-state index in [1.807, 2.05) is 6.07 Å². The van der Waals surface area contributed by atoms with Gasteiger partial charge in [-0.2, -0.15) is 9.57 Å². The maximum Gasteiger partial charge on any atom is 0.218 e. The molecule has 0 aromatic heterocycles. The SMILES string of the molecule is CC1(O)CCN(S(=O)(=O)Cc2ccccc2C#N)C1. The number of β-amino-alcohol motifs (C(OH)–C–C–N with tert-alkyl or cyclic N) is 1. The lowest BCUT2D eigenvalue weighted by Gasteiger charge is -2.19. The van der Waals surface area contributed by atoms with E-state index in [0.29, 0.717) is 24.1 Å². The topological polar surface area (TPSA) is 81.4 Å². The Bertz CT molecular complexity index is 617. The summed E-state index contributed by atoms with van der Waals surface area (Å²) in [4.78, 5) is 0. The van der Waals surface area contributed by atoms with Crippen LogP contribution in [0.2, 0.25) is 0 Å². The molecule has 0 amide bonds. The summed E-state index contributed by atoms with van der Waals surface area (Å²) in [5, 5.41) is 18.8. The van der Waals surface area contributed by atoms with Gasteiger partial charge in [0.25, 0.3) is 0 Å². The molecule has 5 nitrogen and oxygen atoms in total. The number of hydrogen-bond donors (Lipinski definition) is 1. The number of rotatable bonds is 3. The van der Waals surface area contributed by atoms with Crippen LogP contribution in [0, 0.1) is 11.3 Å². The van der Waals surface area contributed by atoms with E-state index >= 15 is 0 Å². The monoisotopic (exact) mass is 280 g/mol. The molecule has 19 heavy (non-hydrogen) atoms. The zero-order valence-corrected chi connectivity index (χ0v) is 11.5. The molecule has 1 atom stereocenters. The summed E-state index contributed by atoms with van der Waals surface area (Å²) in [7, 11) is -3.49. The quantitative estimate of drug-likeness (QED) is 0.889. The normalized spacial score (nSPS) is 24.3. The summed E-state index contributed by atoms with van der Waals surface area (Å²) in [5.74, 6) is -0.202. The molecule has 0 saturated carbocycles. The predicted molar refractivity (Wildman–Crippen MR) is 70.6 cm³/mol. The first kappa shape index (κ1) is 14.0. The molecular formula is C13H16N2O3S. The molecule has 2 rings (SSSR count). The van der Waals surface area contributed by atoms with Gasteiger partial charge in [0.05, 0.1) is 23.0 Å². The number of sulfonamides is 1. The summed E-state index contributed by atoms with van der Waals surface area (Å²) < 4.78 is 25.8. The lowest BCUT2D eigenvalue weighted by molar-refractivity contribution is 0.0762. The van der Waals surface area contributed by atoms with E-state index in [1.54, 1.807) is 31.2 Å². The second-order valence-corrected chi connectivity index (χ2v) is 7.07. The van der Waals surface area contributed by atoms with Crippen LogP contribution < -0.4 is 0 Å². The van der Waals surface area contributed by atoms with E-state index in [0.717, 1.165) is 0 Å². The minimum atomic E-state index is -3.49. The van der Waals surface area contributed by atoms with Crippen LogP contribution >= 0.6 is 0 Å². The molecule has 6 heteroatoms. The predicted octanol–water partition coefficient (Wildman–Crippen LogP) is 0.845. The standard InChI is InChI=1S/C13H16N2O3S/c1-13(16)6-7-15(10-13)19(17,18)9-12-5-3-2-4-11(12)8-14/h2-5,16H,6-7,9-10H2,1H3. The molecule has 1 aliphatic heterocycles. The van der Waals surface area contributed by atoms with Crippen LogP contribution in [0.15, 0.2) is 24.3 Å². The molecule has 1 heterocycles. The van der Waals surface area contributed by atoms with E-state index in [1.165, 1.54) is 4.31 Å². The fourth-order valence-electron chi connectivity index (χ4n) is 2.18. The highest BCUT2D eigenvalue weighted by molar-refractivity contribution is 7.88. The summed E-state index contributed by atoms with van der Waals surface area (Å²) in [6, 6.07) is 8.66. The Balaban J connectivity index is 2.21. The average molecular weight is 280 g/mol. The largest absolute Gasteiger partial charge is 0.389 e. The number of nitrogens with zero attached hydrogens (tertiary/aromatic N) is 2. The Morgan fingerprint density at radius 1 is 1.47 bits per heavy atom. The molecular weight excluding hydrogens is 264 g/mol. The first-order chi connectivity index (χ1) is 8.84. The minimum absolute atomic E-state index is 0.115. The molecule has 1 saturated heterocycles. The lowest BCUT2D eigenvalue weighted by Crippen LogP contribution is -2.34. The third-order valence-electron chi connectivity index (χ3n) is 3.29. The highest BCUT2D eigenvalue weighted by Gasteiger charge is 2.37. The molecule has 102 valence electrons. The number of hydrogen-bond acceptors (Lipinski definition) is 4. The molecule has 1 aliphatic rings. The Hall–Kier alpha value is -1.42. The molecule has 0 spiro atoms. The zero-order valence-electron chi connectivity index (χ0n) is 10.7. The second kappa shape index (κ2) is 4.93. The van der Waals surface area contributed by atoms with Crippen LogP contribution in [0.3, 0.4) is 0 Å². The van der Waals surface area contributed by atoms with Crippen molar-refractivity contribution in [2.24, 2.45) is 0 Å². The Morgan fingerprint density at radius 2 is 2.16 bits per heavy atom. The van der Waals surface area contributed by atoms with Gasteiger partial charge in [-0.05, 0) is 25.0 Å². The van der Waals surface area contributed by atoms with Gasteiger partial charge in [-0.25, -0.2) is 8.42 Å². The van der Waals surface area contributed by atoms with Gasteiger partial charge in [0.2, 0.25) is 10.0 Å². The van der Waals surface area contributed by atoms with E-state index in [2.05, 4.69) is 0 Å². The molecule has 0 aliphatic carbocycles. The van der Waals surface area contributed by atoms with Crippen molar-refractivity contribution in [2.45, 2.75) is 24.7 Å². The first-order valence-electron chi connectivity index (χ1n) is 6.02. The van der Waals surface area contributed by atoms with Gasteiger partial charge in [0, 0.05) is 13.1 Å².